The smallest absolute Gasteiger partial charge is 0.153 e. The summed E-state index contributed by atoms with van der Waals surface area (Å²) in [4.78, 5) is 0. The normalized spacial score (nSPS) is 29.5. The third-order valence-corrected chi connectivity index (χ3v) is 6.15. The first-order valence-electron chi connectivity index (χ1n) is 6.11. The van der Waals surface area contributed by atoms with E-state index in [1.165, 1.54) is 6.42 Å². The van der Waals surface area contributed by atoms with Crippen molar-refractivity contribution in [1.29, 1.82) is 0 Å². The van der Waals surface area contributed by atoms with Crippen LogP contribution < -0.4 is 5.32 Å². The molecular weight excluding hydrogens is 210 g/mol. The van der Waals surface area contributed by atoms with Gasteiger partial charge in [0.15, 0.2) is 9.84 Å². The maximum Gasteiger partial charge on any atom is 0.153 e. The molecule has 1 saturated carbocycles. The topological polar surface area (TPSA) is 46.2 Å². The van der Waals surface area contributed by atoms with E-state index in [0.29, 0.717) is 11.7 Å². The SMILES string of the molecule is O=S(=O)(CC1CCC1)C1CCCNCC1. The van der Waals surface area contributed by atoms with E-state index in [9.17, 15) is 8.42 Å². The zero-order valence-corrected chi connectivity index (χ0v) is 10.1. The van der Waals surface area contributed by atoms with E-state index in [1.807, 2.05) is 0 Å². The molecule has 1 saturated heterocycles. The van der Waals surface area contributed by atoms with Crippen LogP contribution in [0, 0.1) is 5.92 Å². The quantitative estimate of drug-likeness (QED) is 0.797. The molecule has 2 fully saturated rings. The second-order valence-corrected chi connectivity index (χ2v) is 7.26. The fourth-order valence-electron chi connectivity index (χ4n) is 2.47. The molecular formula is C11H21NO2S. The summed E-state index contributed by atoms with van der Waals surface area (Å²) in [5, 5.41) is 3.20. The van der Waals surface area contributed by atoms with E-state index in [4.69, 9.17) is 0 Å². The van der Waals surface area contributed by atoms with Crippen LogP contribution in [0.1, 0.15) is 38.5 Å². The summed E-state index contributed by atoms with van der Waals surface area (Å²) >= 11 is 0. The van der Waals surface area contributed by atoms with Gasteiger partial charge in [0.2, 0.25) is 0 Å². The second kappa shape index (κ2) is 4.83. The monoisotopic (exact) mass is 231 g/mol. The van der Waals surface area contributed by atoms with E-state index in [0.717, 1.165) is 45.2 Å². The minimum Gasteiger partial charge on any atom is -0.317 e. The molecule has 1 unspecified atom stereocenters. The van der Waals surface area contributed by atoms with E-state index >= 15 is 0 Å². The summed E-state index contributed by atoms with van der Waals surface area (Å²) in [6.45, 7) is 1.85. The van der Waals surface area contributed by atoms with Crippen molar-refractivity contribution in [3.05, 3.63) is 0 Å². The van der Waals surface area contributed by atoms with Gasteiger partial charge in [-0.25, -0.2) is 8.42 Å². The summed E-state index contributed by atoms with van der Waals surface area (Å²) in [5.41, 5.74) is 0. The van der Waals surface area contributed by atoms with E-state index < -0.39 is 9.84 Å². The van der Waals surface area contributed by atoms with Crippen molar-refractivity contribution < 1.29 is 8.42 Å². The first-order chi connectivity index (χ1) is 7.18. The molecule has 1 atom stereocenters. The fraction of sp³-hybridized carbons (Fsp3) is 1.00. The number of hydrogen-bond acceptors (Lipinski definition) is 3. The zero-order chi connectivity index (χ0) is 10.7. The predicted molar refractivity (Wildman–Crippen MR) is 61.6 cm³/mol. The van der Waals surface area contributed by atoms with Gasteiger partial charge in [-0.05, 0) is 51.1 Å². The van der Waals surface area contributed by atoms with Crippen LogP contribution in [0.2, 0.25) is 0 Å². The highest BCUT2D eigenvalue weighted by Gasteiger charge is 2.31. The molecule has 0 aromatic heterocycles. The molecule has 0 amide bonds. The number of hydrogen-bond donors (Lipinski definition) is 1. The summed E-state index contributed by atoms with van der Waals surface area (Å²) in [5.74, 6) is 0.934. The van der Waals surface area contributed by atoms with Crippen molar-refractivity contribution in [3.8, 4) is 0 Å². The Bertz CT molecular complexity index is 288. The van der Waals surface area contributed by atoms with Crippen molar-refractivity contribution in [2.45, 2.75) is 43.8 Å². The van der Waals surface area contributed by atoms with Crippen LogP contribution >= 0.6 is 0 Å². The third-order valence-electron chi connectivity index (χ3n) is 3.72. The van der Waals surface area contributed by atoms with Gasteiger partial charge in [0.25, 0.3) is 0 Å². The molecule has 0 radical (unpaired) electrons. The van der Waals surface area contributed by atoms with Gasteiger partial charge in [-0.3, -0.25) is 0 Å². The Hall–Kier alpha value is -0.0900. The Morgan fingerprint density at radius 3 is 2.47 bits per heavy atom. The van der Waals surface area contributed by atoms with Crippen molar-refractivity contribution >= 4 is 9.84 Å². The maximum absolute atomic E-state index is 12.1. The molecule has 1 aliphatic carbocycles. The van der Waals surface area contributed by atoms with Gasteiger partial charge in [-0.1, -0.05) is 6.42 Å². The molecule has 2 rings (SSSR count). The van der Waals surface area contributed by atoms with Gasteiger partial charge in [-0.2, -0.15) is 0 Å². The van der Waals surface area contributed by atoms with E-state index in [2.05, 4.69) is 5.32 Å². The fourth-order valence-corrected chi connectivity index (χ4v) is 4.74. The summed E-state index contributed by atoms with van der Waals surface area (Å²) < 4.78 is 24.2. The van der Waals surface area contributed by atoms with Crippen molar-refractivity contribution in [3.63, 3.8) is 0 Å². The summed E-state index contributed by atoms with van der Waals surface area (Å²) in [6, 6.07) is 0. The zero-order valence-electron chi connectivity index (χ0n) is 9.24. The van der Waals surface area contributed by atoms with E-state index in [1.54, 1.807) is 0 Å². The van der Waals surface area contributed by atoms with Crippen LogP contribution in [-0.4, -0.2) is 32.5 Å². The molecule has 3 nitrogen and oxygen atoms in total. The largest absolute Gasteiger partial charge is 0.317 e. The molecule has 0 spiro atoms. The molecule has 1 N–H and O–H groups in total. The summed E-state index contributed by atoms with van der Waals surface area (Å²) in [6.07, 6.45) is 6.17. The van der Waals surface area contributed by atoms with Gasteiger partial charge >= 0.3 is 0 Å². The van der Waals surface area contributed by atoms with Gasteiger partial charge < -0.3 is 5.32 Å². The molecule has 1 aliphatic heterocycles. The number of sulfone groups is 1. The van der Waals surface area contributed by atoms with Crippen LogP contribution in [0.15, 0.2) is 0 Å². The molecule has 1 heterocycles. The van der Waals surface area contributed by atoms with Gasteiger partial charge in [-0.15, -0.1) is 0 Å². The predicted octanol–water partition coefficient (Wildman–Crippen LogP) is 1.34. The molecule has 0 aromatic rings. The van der Waals surface area contributed by atoms with Crippen LogP contribution in [0.25, 0.3) is 0 Å². The molecule has 88 valence electrons. The lowest BCUT2D eigenvalue weighted by molar-refractivity contribution is 0.346. The molecule has 4 heteroatoms. The molecule has 0 aromatic carbocycles. The highest BCUT2D eigenvalue weighted by atomic mass is 32.2. The molecule has 15 heavy (non-hydrogen) atoms. The highest BCUT2D eigenvalue weighted by molar-refractivity contribution is 7.92. The lowest BCUT2D eigenvalue weighted by Crippen LogP contribution is -2.31. The Morgan fingerprint density at radius 1 is 1.00 bits per heavy atom. The average molecular weight is 231 g/mol. The first-order valence-corrected chi connectivity index (χ1v) is 7.82. The van der Waals surface area contributed by atoms with Crippen LogP contribution in [0.5, 0.6) is 0 Å². The minimum atomic E-state index is -2.81. The number of rotatable bonds is 3. The van der Waals surface area contributed by atoms with E-state index in [-0.39, 0.29) is 5.25 Å². The van der Waals surface area contributed by atoms with Gasteiger partial charge in [0.05, 0.1) is 11.0 Å². The van der Waals surface area contributed by atoms with Gasteiger partial charge in [0.1, 0.15) is 0 Å². The van der Waals surface area contributed by atoms with Crippen LogP contribution in [-0.2, 0) is 9.84 Å². The Kier molecular flexibility index (Phi) is 3.67. The van der Waals surface area contributed by atoms with Crippen molar-refractivity contribution in [2.75, 3.05) is 18.8 Å². The summed E-state index contributed by atoms with van der Waals surface area (Å²) in [7, 11) is -2.81. The van der Waals surface area contributed by atoms with Crippen LogP contribution in [0.4, 0.5) is 0 Å². The Balaban J connectivity index is 1.93. The van der Waals surface area contributed by atoms with Gasteiger partial charge in [0, 0.05) is 0 Å². The Morgan fingerprint density at radius 2 is 1.80 bits per heavy atom. The van der Waals surface area contributed by atoms with Crippen LogP contribution in [0.3, 0.4) is 0 Å². The number of nitrogens with one attached hydrogen (secondary N) is 1. The average Bonchev–Trinajstić information content (AvgIpc) is 2.40. The highest BCUT2D eigenvalue weighted by Crippen LogP contribution is 2.30. The second-order valence-electron chi connectivity index (χ2n) is 4.93. The standard InChI is InChI=1S/C11H21NO2S/c13-15(14,9-10-3-1-4-10)11-5-2-7-12-8-6-11/h10-12H,1-9H2. The molecule has 2 aliphatic rings. The first kappa shape index (κ1) is 11.4. The maximum atomic E-state index is 12.1. The lowest BCUT2D eigenvalue weighted by atomic mass is 9.87. The minimum absolute atomic E-state index is 0.0619. The van der Waals surface area contributed by atoms with Crippen molar-refractivity contribution in [1.82, 2.24) is 5.32 Å². The third kappa shape index (κ3) is 2.94. The molecule has 0 bridgehead atoms. The lowest BCUT2D eigenvalue weighted by Gasteiger charge is -2.27. The Labute approximate surface area is 92.6 Å². The van der Waals surface area contributed by atoms with Crippen molar-refractivity contribution in [2.24, 2.45) is 5.92 Å².